The van der Waals surface area contributed by atoms with Crippen molar-refractivity contribution in [3.63, 3.8) is 0 Å². The van der Waals surface area contributed by atoms with E-state index in [-0.39, 0.29) is 0 Å². The number of nitrogens with zero attached hydrogens (tertiary/aromatic N) is 1. The summed E-state index contributed by atoms with van der Waals surface area (Å²) in [6.07, 6.45) is 1.26. The molecule has 2 atom stereocenters. The summed E-state index contributed by atoms with van der Waals surface area (Å²) in [6.45, 7) is 6.89. The van der Waals surface area contributed by atoms with Crippen LogP contribution in [0.5, 0.6) is 0 Å². The zero-order chi connectivity index (χ0) is 11.7. The van der Waals surface area contributed by atoms with Gasteiger partial charge in [0.1, 0.15) is 0 Å². The second kappa shape index (κ2) is 4.24. The van der Waals surface area contributed by atoms with E-state index in [0.717, 1.165) is 24.9 Å². The molecule has 2 unspecified atom stereocenters. The molecule has 88 valence electrons. The Kier molecular flexibility index (Phi) is 2.95. The van der Waals surface area contributed by atoms with E-state index in [1.807, 2.05) is 12.1 Å². The molecule has 0 aromatic heterocycles. The minimum Gasteiger partial charge on any atom is -0.397 e. The lowest BCUT2D eigenvalue weighted by atomic mass is 9.88. The molecule has 0 amide bonds. The molecular formula is C13H21N3. The smallest absolute Gasteiger partial charge is 0.0568 e. The van der Waals surface area contributed by atoms with Crippen LogP contribution in [0.2, 0.25) is 0 Å². The molecule has 16 heavy (non-hydrogen) atoms. The largest absolute Gasteiger partial charge is 0.397 e. The monoisotopic (exact) mass is 219 g/mol. The lowest BCUT2D eigenvalue weighted by molar-refractivity contribution is 0.324. The molecule has 1 heterocycles. The normalized spacial score (nSPS) is 25.8. The highest BCUT2D eigenvalue weighted by Gasteiger charge is 2.22. The summed E-state index contributed by atoms with van der Waals surface area (Å²) in [5, 5.41) is 0. The number of nitrogens with two attached hydrogens (primary N) is 2. The van der Waals surface area contributed by atoms with Crippen LogP contribution in [0.3, 0.4) is 0 Å². The molecule has 1 fully saturated rings. The van der Waals surface area contributed by atoms with Crippen molar-refractivity contribution >= 4 is 17.1 Å². The van der Waals surface area contributed by atoms with E-state index in [1.54, 1.807) is 0 Å². The molecule has 0 bridgehead atoms. The van der Waals surface area contributed by atoms with Gasteiger partial charge in [0.15, 0.2) is 0 Å². The first kappa shape index (κ1) is 11.1. The van der Waals surface area contributed by atoms with Crippen LogP contribution in [0.25, 0.3) is 0 Å². The molecule has 2 rings (SSSR count). The Morgan fingerprint density at radius 1 is 1.12 bits per heavy atom. The fourth-order valence-electron chi connectivity index (χ4n) is 2.26. The predicted octanol–water partition coefficient (Wildman–Crippen LogP) is 2.33. The van der Waals surface area contributed by atoms with Gasteiger partial charge in [0.05, 0.1) is 11.4 Å². The third-order valence-electron chi connectivity index (χ3n) is 3.77. The van der Waals surface area contributed by atoms with Crippen molar-refractivity contribution in [2.24, 2.45) is 11.8 Å². The minimum absolute atomic E-state index is 0.669. The number of hydrogen-bond donors (Lipinski definition) is 2. The van der Waals surface area contributed by atoms with Crippen molar-refractivity contribution in [2.45, 2.75) is 20.3 Å². The predicted molar refractivity (Wildman–Crippen MR) is 70.4 cm³/mol. The maximum absolute atomic E-state index is 5.84. The van der Waals surface area contributed by atoms with Gasteiger partial charge in [-0.15, -0.1) is 0 Å². The van der Waals surface area contributed by atoms with Crippen LogP contribution in [0, 0.1) is 11.8 Å². The van der Waals surface area contributed by atoms with Gasteiger partial charge in [-0.1, -0.05) is 13.8 Å². The molecule has 0 saturated carbocycles. The summed E-state index contributed by atoms with van der Waals surface area (Å²) in [4.78, 5) is 2.40. The number of rotatable bonds is 1. The average Bonchev–Trinajstić information content (AvgIpc) is 2.26. The Hall–Kier alpha value is -1.38. The van der Waals surface area contributed by atoms with E-state index >= 15 is 0 Å². The number of piperidine rings is 1. The Bertz CT molecular complexity index is 375. The van der Waals surface area contributed by atoms with Crippen molar-refractivity contribution < 1.29 is 0 Å². The summed E-state index contributed by atoms with van der Waals surface area (Å²) >= 11 is 0. The van der Waals surface area contributed by atoms with Crippen molar-refractivity contribution in [3.8, 4) is 0 Å². The molecule has 3 heteroatoms. The van der Waals surface area contributed by atoms with Gasteiger partial charge in [0, 0.05) is 18.8 Å². The molecule has 4 N–H and O–H groups in total. The molecule has 1 saturated heterocycles. The topological polar surface area (TPSA) is 55.3 Å². The number of benzene rings is 1. The Morgan fingerprint density at radius 3 is 2.50 bits per heavy atom. The summed E-state index contributed by atoms with van der Waals surface area (Å²) in [5.41, 5.74) is 14.1. The molecule has 1 aromatic rings. The van der Waals surface area contributed by atoms with Crippen LogP contribution in [0.1, 0.15) is 20.3 Å². The maximum atomic E-state index is 5.84. The van der Waals surface area contributed by atoms with Crippen LogP contribution >= 0.6 is 0 Å². The van der Waals surface area contributed by atoms with Gasteiger partial charge in [0.2, 0.25) is 0 Å². The minimum atomic E-state index is 0.669. The molecule has 1 aliphatic heterocycles. The highest BCUT2D eigenvalue weighted by Crippen LogP contribution is 2.29. The van der Waals surface area contributed by atoms with Gasteiger partial charge in [-0.05, 0) is 36.5 Å². The first-order valence-corrected chi connectivity index (χ1v) is 5.98. The van der Waals surface area contributed by atoms with Gasteiger partial charge in [-0.3, -0.25) is 0 Å². The SMILES string of the molecule is CC1CCN(c2ccc(N)c(N)c2)CC1C. The van der Waals surface area contributed by atoms with Crippen LogP contribution in [0.4, 0.5) is 17.1 Å². The zero-order valence-corrected chi connectivity index (χ0v) is 10.1. The average molecular weight is 219 g/mol. The van der Waals surface area contributed by atoms with Gasteiger partial charge < -0.3 is 16.4 Å². The Balaban J connectivity index is 2.15. The number of nitrogen functional groups attached to an aromatic ring is 2. The van der Waals surface area contributed by atoms with E-state index in [1.165, 1.54) is 12.1 Å². The zero-order valence-electron chi connectivity index (χ0n) is 10.1. The van der Waals surface area contributed by atoms with Crippen molar-refractivity contribution in [3.05, 3.63) is 18.2 Å². The molecule has 0 aliphatic carbocycles. The summed E-state index contributed by atoms with van der Waals surface area (Å²) in [6, 6.07) is 5.94. The molecule has 1 aliphatic rings. The first-order chi connectivity index (χ1) is 7.58. The number of anilines is 3. The maximum Gasteiger partial charge on any atom is 0.0568 e. The molecule has 1 aromatic carbocycles. The molecule has 3 nitrogen and oxygen atoms in total. The first-order valence-electron chi connectivity index (χ1n) is 5.98. The van der Waals surface area contributed by atoms with Gasteiger partial charge in [0.25, 0.3) is 0 Å². The van der Waals surface area contributed by atoms with Gasteiger partial charge >= 0.3 is 0 Å². The van der Waals surface area contributed by atoms with Gasteiger partial charge in [-0.2, -0.15) is 0 Å². The standard InChI is InChI=1S/C13H21N3/c1-9-5-6-16(8-10(9)2)11-3-4-12(14)13(15)7-11/h3-4,7,9-10H,5-6,8,14-15H2,1-2H3. The van der Waals surface area contributed by atoms with E-state index < -0.39 is 0 Å². The summed E-state index contributed by atoms with van der Waals surface area (Å²) in [7, 11) is 0. The fourth-order valence-corrected chi connectivity index (χ4v) is 2.26. The van der Waals surface area contributed by atoms with E-state index in [2.05, 4.69) is 24.8 Å². The van der Waals surface area contributed by atoms with E-state index in [4.69, 9.17) is 11.5 Å². The Morgan fingerprint density at radius 2 is 1.88 bits per heavy atom. The van der Waals surface area contributed by atoms with Crippen molar-refractivity contribution in [1.82, 2.24) is 0 Å². The van der Waals surface area contributed by atoms with Crippen LogP contribution in [0.15, 0.2) is 18.2 Å². The van der Waals surface area contributed by atoms with Crippen molar-refractivity contribution in [1.29, 1.82) is 0 Å². The van der Waals surface area contributed by atoms with Crippen LogP contribution < -0.4 is 16.4 Å². The third-order valence-corrected chi connectivity index (χ3v) is 3.77. The molecule has 0 spiro atoms. The fraction of sp³-hybridized carbons (Fsp3) is 0.538. The molecule has 0 radical (unpaired) electrons. The third kappa shape index (κ3) is 2.08. The Labute approximate surface area is 97.4 Å². The quantitative estimate of drug-likeness (QED) is 0.713. The second-order valence-corrected chi connectivity index (χ2v) is 5.00. The second-order valence-electron chi connectivity index (χ2n) is 5.00. The van der Waals surface area contributed by atoms with Crippen molar-refractivity contribution in [2.75, 3.05) is 29.5 Å². The van der Waals surface area contributed by atoms with E-state index in [0.29, 0.717) is 11.4 Å². The highest BCUT2D eigenvalue weighted by atomic mass is 15.1. The summed E-state index contributed by atoms with van der Waals surface area (Å²) in [5.74, 6) is 1.56. The summed E-state index contributed by atoms with van der Waals surface area (Å²) < 4.78 is 0. The number of hydrogen-bond acceptors (Lipinski definition) is 3. The van der Waals surface area contributed by atoms with Crippen LogP contribution in [-0.4, -0.2) is 13.1 Å². The molecular weight excluding hydrogens is 198 g/mol. The lowest BCUT2D eigenvalue weighted by Gasteiger charge is -2.37. The highest BCUT2D eigenvalue weighted by molar-refractivity contribution is 5.69. The van der Waals surface area contributed by atoms with E-state index in [9.17, 15) is 0 Å². The lowest BCUT2D eigenvalue weighted by Crippen LogP contribution is -2.38. The van der Waals surface area contributed by atoms with Crippen LogP contribution in [-0.2, 0) is 0 Å². The van der Waals surface area contributed by atoms with Gasteiger partial charge in [-0.25, -0.2) is 0 Å².